The summed E-state index contributed by atoms with van der Waals surface area (Å²) in [6.07, 6.45) is 9.42. The molecule has 0 saturated heterocycles. The molecule has 0 aliphatic heterocycles. The van der Waals surface area contributed by atoms with Crippen molar-refractivity contribution in [2.75, 3.05) is 5.88 Å². The Bertz CT molecular complexity index is 323. The first-order chi connectivity index (χ1) is 8.11. The third-order valence-corrected chi connectivity index (χ3v) is 5.66. The molecular weight excluding hydrogens is 232 g/mol. The van der Waals surface area contributed by atoms with E-state index in [1.165, 1.54) is 25.7 Å². The van der Waals surface area contributed by atoms with Gasteiger partial charge in [0, 0.05) is 5.88 Å². The molecule has 2 aliphatic carbocycles. The van der Waals surface area contributed by atoms with Crippen LogP contribution in [0.2, 0.25) is 0 Å². The molecule has 0 aromatic carbocycles. The predicted molar refractivity (Wildman–Crippen MR) is 72.2 cm³/mol. The minimum absolute atomic E-state index is 0.421. The van der Waals surface area contributed by atoms with Crippen LogP contribution in [-0.4, -0.2) is 12.2 Å². The van der Waals surface area contributed by atoms with Gasteiger partial charge < -0.3 is 0 Å². The maximum absolute atomic E-state index is 10.6. The molecule has 2 rings (SSSR count). The molecule has 0 aromatic heterocycles. The predicted octanol–water partition coefficient (Wildman–Crippen LogP) is 4.20. The summed E-state index contributed by atoms with van der Waals surface area (Å²) >= 11 is 6.18. The number of carbonyl (C=O) groups is 1. The van der Waals surface area contributed by atoms with E-state index in [0.29, 0.717) is 11.3 Å². The average molecular weight is 255 g/mol. The number of carbonyl (C=O) groups excluding carboxylic acids is 1. The Kier molecular flexibility index (Phi) is 3.97. The van der Waals surface area contributed by atoms with Gasteiger partial charge in [-0.2, -0.15) is 0 Å². The molecule has 2 heteroatoms. The molecule has 0 heterocycles. The van der Waals surface area contributed by atoms with Crippen molar-refractivity contribution in [3.63, 3.8) is 0 Å². The van der Waals surface area contributed by atoms with Gasteiger partial charge in [-0.05, 0) is 67.8 Å². The minimum atomic E-state index is 0.421. The van der Waals surface area contributed by atoms with Crippen LogP contribution in [0, 0.1) is 23.2 Å². The largest absolute Gasteiger partial charge is 0.298 e. The number of aldehydes is 1. The number of rotatable bonds is 5. The van der Waals surface area contributed by atoms with Crippen LogP contribution < -0.4 is 0 Å². The zero-order valence-electron chi connectivity index (χ0n) is 10.9. The molecule has 0 radical (unpaired) electrons. The maximum atomic E-state index is 10.6. The average Bonchev–Trinajstić information content (AvgIpc) is 2.88. The fraction of sp³-hybridized carbons (Fsp3) is 0.800. The van der Waals surface area contributed by atoms with Gasteiger partial charge in [-0.15, -0.1) is 11.6 Å². The van der Waals surface area contributed by atoms with Gasteiger partial charge in [0.25, 0.3) is 0 Å². The highest BCUT2D eigenvalue weighted by Crippen LogP contribution is 2.61. The fourth-order valence-electron chi connectivity index (χ4n) is 4.17. The van der Waals surface area contributed by atoms with E-state index in [1.54, 1.807) is 0 Å². The second kappa shape index (κ2) is 5.14. The third-order valence-electron chi connectivity index (χ3n) is 5.32. The molecule has 0 amide bonds. The molecule has 2 fully saturated rings. The molecule has 2 saturated carbocycles. The van der Waals surface area contributed by atoms with Crippen molar-refractivity contribution in [1.82, 2.24) is 0 Å². The number of hydrogen-bond acceptors (Lipinski definition) is 1. The van der Waals surface area contributed by atoms with E-state index < -0.39 is 0 Å². The fourth-order valence-corrected chi connectivity index (χ4v) is 4.78. The Hall–Kier alpha value is -0.300. The summed E-state index contributed by atoms with van der Waals surface area (Å²) in [6.45, 7) is 4.31. The maximum Gasteiger partial charge on any atom is 0.145 e. The van der Waals surface area contributed by atoms with Gasteiger partial charge in [-0.1, -0.05) is 13.0 Å². The molecular formula is C15H23ClO. The molecule has 0 unspecified atom stereocenters. The smallest absolute Gasteiger partial charge is 0.145 e. The Labute approximate surface area is 110 Å². The Morgan fingerprint density at radius 1 is 1.47 bits per heavy atom. The summed E-state index contributed by atoms with van der Waals surface area (Å²) in [6, 6.07) is 0. The van der Waals surface area contributed by atoms with Gasteiger partial charge >= 0.3 is 0 Å². The van der Waals surface area contributed by atoms with Gasteiger partial charge in [0.05, 0.1) is 0 Å². The van der Waals surface area contributed by atoms with Crippen molar-refractivity contribution in [3.05, 3.63) is 11.6 Å². The van der Waals surface area contributed by atoms with Crippen molar-refractivity contribution >= 4 is 17.9 Å². The summed E-state index contributed by atoms with van der Waals surface area (Å²) in [7, 11) is 0. The highest BCUT2D eigenvalue weighted by atomic mass is 35.5. The van der Waals surface area contributed by atoms with Crippen LogP contribution in [0.5, 0.6) is 0 Å². The van der Waals surface area contributed by atoms with Crippen molar-refractivity contribution in [1.29, 1.82) is 0 Å². The van der Waals surface area contributed by atoms with Crippen LogP contribution >= 0.6 is 11.6 Å². The third kappa shape index (κ3) is 2.31. The van der Waals surface area contributed by atoms with Gasteiger partial charge in [0.15, 0.2) is 0 Å². The molecule has 96 valence electrons. The normalized spacial score (nSPS) is 40.9. The van der Waals surface area contributed by atoms with Crippen LogP contribution in [0.3, 0.4) is 0 Å². The van der Waals surface area contributed by atoms with E-state index in [4.69, 9.17) is 11.6 Å². The monoisotopic (exact) mass is 254 g/mol. The molecule has 1 nitrogen and oxygen atoms in total. The van der Waals surface area contributed by atoms with Crippen molar-refractivity contribution in [2.45, 2.75) is 46.0 Å². The second-order valence-electron chi connectivity index (χ2n) is 6.14. The zero-order chi connectivity index (χ0) is 12.5. The van der Waals surface area contributed by atoms with Crippen molar-refractivity contribution < 1.29 is 4.79 Å². The standard InChI is InChI=1S/C15H23ClO/c1-11(10-17)4-3-7-15(2)13-6-5-12(8-13)14(15)9-16/h4,10,12-14H,3,5-9H2,1-2H3/t12-,13+,14-,15-/m1/s1. The quantitative estimate of drug-likeness (QED) is 0.408. The lowest BCUT2D eigenvalue weighted by Gasteiger charge is -2.40. The Balaban J connectivity index is 2.00. The molecule has 4 atom stereocenters. The summed E-state index contributed by atoms with van der Waals surface area (Å²) < 4.78 is 0. The van der Waals surface area contributed by atoms with Crippen LogP contribution in [0.1, 0.15) is 46.0 Å². The van der Waals surface area contributed by atoms with Crippen LogP contribution in [-0.2, 0) is 4.79 Å². The summed E-state index contributed by atoms with van der Waals surface area (Å²) in [5.41, 5.74) is 1.28. The number of alkyl halides is 1. The molecule has 17 heavy (non-hydrogen) atoms. The van der Waals surface area contributed by atoms with E-state index >= 15 is 0 Å². The van der Waals surface area contributed by atoms with E-state index in [2.05, 4.69) is 13.0 Å². The molecule has 2 bridgehead atoms. The van der Waals surface area contributed by atoms with E-state index in [9.17, 15) is 4.79 Å². The topological polar surface area (TPSA) is 17.1 Å². The molecule has 0 spiro atoms. The van der Waals surface area contributed by atoms with E-state index in [0.717, 1.165) is 36.0 Å². The number of fused-ring (bicyclic) bond motifs is 2. The first-order valence-electron chi connectivity index (χ1n) is 6.79. The van der Waals surface area contributed by atoms with Gasteiger partial charge in [0.2, 0.25) is 0 Å². The molecule has 2 aliphatic rings. The highest BCUT2D eigenvalue weighted by Gasteiger charge is 2.53. The first kappa shape index (κ1) is 13.1. The van der Waals surface area contributed by atoms with E-state index in [-0.39, 0.29) is 0 Å². The lowest BCUT2D eigenvalue weighted by molar-refractivity contribution is -0.104. The highest BCUT2D eigenvalue weighted by molar-refractivity contribution is 6.18. The van der Waals surface area contributed by atoms with Crippen LogP contribution in [0.25, 0.3) is 0 Å². The van der Waals surface area contributed by atoms with Crippen molar-refractivity contribution in [2.24, 2.45) is 23.2 Å². The number of hydrogen-bond donors (Lipinski definition) is 0. The van der Waals surface area contributed by atoms with Crippen molar-refractivity contribution in [3.8, 4) is 0 Å². The minimum Gasteiger partial charge on any atom is -0.298 e. The lowest BCUT2D eigenvalue weighted by Crippen LogP contribution is -2.34. The van der Waals surface area contributed by atoms with Gasteiger partial charge in [-0.25, -0.2) is 0 Å². The second-order valence-corrected chi connectivity index (χ2v) is 6.45. The number of halogens is 1. The summed E-state index contributed by atoms with van der Waals surface area (Å²) in [5.74, 6) is 3.27. The molecule has 0 aromatic rings. The van der Waals surface area contributed by atoms with Gasteiger partial charge in [-0.3, -0.25) is 4.79 Å². The van der Waals surface area contributed by atoms with Crippen LogP contribution in [0.4, 0.5) is 0 Å². The molecule has 0 N–H and O–H groups in total. The first-order valence-corrected chi connectivity index (χ1v) is 7.33. The Morgan fingerprint density at radius 3 is 2.88 bits per heavy atom. The number of allylic oxidation sites excluding steroid dienone is 2. The van der Waals surface area contributed by atoms with Crippen LogP contribution in [0.15, 0.2) is 11.6 Å². The SMILES string of the molecule is CC(C=O)=CCC[C@]1(C)[C@H]2CC[C@H](C2)[C@H]1CCl. The lowest BCUT2D eigenvalue weighted by atomic mass is 9.65. The Morgan fingerprint density at radius 2 is 2.24 bits per heavy atom. The zero-order valence-corrected chi connectivity index (χ0v) is 11.7. The summed E-state index contributed by atoms with van der Waals surface area (Å²) in [5, 5.41) is 0. The summed E-state index contributed by atoms with van der Waals surface area (Å²) in [4.78, 5) is 10.6. The van der Waals surface area contributed by atoms with Gasteiger partial charge in [0.1, 0.15) is 6.29 Å². The van der Waals surface area contributed by atoms with E-state index in [1.807, 2.05) is 6.92 Å².